The quantitative estimate of drug-likeness (QED) is 0.739. The highest BCUT2D eigenvalue weighted by molar-refractivity contribution is 7.12. The molecule has 0 spiro atoms. The summed E-state index contributed by atoms with van der Waals surface area (Å²) in [6, 6.07) is 3.68. The first-order valence-electron chi connectivity index (χ1n) is 3.74. The molecule has 0 aromatic carbocycles. The second-order valence-corrected chi connectivity index (χ2v) is 4.04. The van der Waals surface area contributed by atoms with E-state index in [0.29, 0.717) is 0 Å². The standard InChI is InChI=1S/C8H7NO3S/c1-4-2-3-5(13-4)6-7(10)9-8(11)12-6/h2-3,6H,1H3,(H,9,10,11). The van der Waals surface area contributed by atoms with Crippen molar-refractivity contribution >= 4 is 23.3 Å². The first-order valence-corrected chi connectivity index (χ1v) is 4.56. The molecule has 5 heteroatoms. The number of hydrogen-bond donors (Lipinski definition) is 1. The molecule has 0 saturated carbocycles. The van der Waals surface area contributed by atoms with Crippen molar-refractivity contribution in [2.75, 3.05) is 0 Å². The maximum atomic E-state index is 11.1. The van der Waals surface area contributed by atoms with Crippen LogP contribution in [0, 0.1) is 6.92 Å². The van der Waals surface area contributed by atoms with Crippen LogP contribution in [0.2, 0.25) is 0 Å². The van der Waals surface area contributed by atoms with E-state index in [4.69, 9.17) is 4.74 Å². The third-order valence-electron chi connectivity index (χ3n) is 1.71. The zero-order chi connectivity index (χ0) is 9.42. The largest absolute Gasteiger partial charge is 0.430 e. The predicted molar refractivity (Wildman–Crippen MR) is 46.4 cm³/mol. The van der Waals surface area contributed by atoms with Gasteiger partial charge in [0.15, 0.2) is 0 Å². The Morgan fingerprint density at radius 2 is 2.23 bits per heavy atom. The average Bonchev–Trinajstić information content (AvgIpc) is 2.58. The molecule has 1 aromatic rings. The predicted octanol–water partition coefficient (Wildman–Crippen LogP) is 1.36. The number of hydrogen-bond acceptors (Lipinski definition) is 4. The fraction of sp³-hybridized carbons (Fsp3) is 0.250. The number of thiophene rings is 1. The molecule has 13 heavy (non-hydrogen) atoms. The number of aryl methyl sites for hydroxylation is 1. The Bertz CT molecular complexity index is 371. The fourth-order valence-electron chi connectivity index (χ4n) is 1.14. The number of rotatable bonds is 1. The van der Waals surface area contributed by atoms with E-state index in [2.05, 4.69) is 5.32 Å². The summed E-state index contributed by atoms with van der Waals surface area (Å²) in [5.41, 5.74) is 0. The third kappa shape index (κ3) is 1.42. The highest BCUT2D eigenvalue weighted by atomic mass is 32.1. The van der Waals surface area contributed by atoms with Crippen molar-refractivity contribution in [1.29, 1.82) is 0 Å². The number of alkyl carbamates (subject to hydrolysis) is 1. The minimum atomic E-state index is -0.744. The van der Waals surface area contributed by atoms with Crippen LogP contribution < -0.4 is 5.32 Å². The molecule has 4 nitrogen and oxygen atoms in total. The molecular weight excluding hydrogens is 190 g/mol. The van der Waals surface area contributed by atoms with E-state index >= 15 is 0 Å². The summed E-state index contributed by atoms with van der Waals surface area (Å²) in [6.07, 6.45) is -1.41. The molecule has 1 atom stereocenters. The first kappa shape index (κ1) is 8.25. The van der Waals surface area contributed by atoms with Crippen LogP contribution in [0.25, 0.3) is 0 Å². The molecule has 1 aliphatic heterocycles. The first-order chi connectivity index (χ1) is 6.16. The van der Waals surface area contributed by atoms with Gasteiger partial charge >= 0.3 is 6.09 Å². The van der Waals surface area contributed by atoms with Crippen LogP contribution >= 0.6 is 11.3 Å². The number of carbonyl (C=O) groups is 2. The van der Waals surface area contributed by atoms with E-state index in [1.807, 2.05) is 13.0 Å². The maximum Gasteiger partial charge on any atom is 0.415 e. The molecule has 1 fully saturated rings. The second-order valence-electron chi connectivity index (χ2n) is 2.72. The number of nitrogens with one attached hydrogen (secondary N) is 1. The highest BCUT2D eigenvalue weighted by Gasteiger charge is 2.34. The summed E-state index contributed by atoms with van der Waals surface area (Å²) in [6.45, 7) is 1.93. The lowest BCUT2D eigenvalue weighted by atomic mass is 10.3. The highest BCUT2D eigenvalue weighted by Crippen LogP contribution is 2.28. The van der Waals surface area contributed by atoms with Gasteiger partial charge in [-0.3, -0.25) is 10.1 Å². The van der Waals surface area contributed by atoms with Crippen molar-refractivity contribution in [3.8, 4) is 0 Å². The minimum Gasteiger partial charge on any atom is -0.430 e. The summed E-state index contributed by atoms with van der Waals surface area (Å²) >= 11 is 1.45. The van der Waals surface area contributed by atoms with Gasteiger partial charge in [-0.05, 0) is 19.1 Å². The van der Waals surface area contributed by atoms with Gasteiger partial charge in [0.05, 0.1) is 4.88 Å². The van der Waals surface area contributed by atoms with Crippen molar-refractivity contribution in [2.24, 2.45) is 0 Å². The molecule has 0 radical (unpaired) electrons. The smallest absolute Gasteiger partial charge is 0.415 e. The fourth-order valence-corrected chi connectivity index (χ4v) is 2.04. The van der Waals surface area contributed by atoms with Gasteiger partial charge in [-0.25, -0.2) is 4.79 Å². The summed E-state index contributed by atoms with van der Waals surface area (Å²) < 4.78 is 4.78. The lowest BCUT2D eigenvalue weighted by molar-refractivity contribution is -0.123. The van der Waals surface area contributed by atoms with Gasteiger partial charge < -0.3 is 4.74 Å². The molecular formula is C8H7NO3S. The van der Waals surface area contributed by atoms with Gasteiger partial charge in [0.2, 0.25) is 6.10 Å². The van der Waals surface area contributed by atoms with Crippen LogP contribution in [0.4, 0.5) is 4.79 Å². The van der Waals surface area contributed by atoms with Crippen LogP contribution in [0.5, 0.6) is 0 Å². The van der Waals surface area contributed by atoms with Crippen molar-refractivity contribution in [3.63, 3.8) is 0 Å². The van der Waals surface area contributed by atoms with Crippen LogP contribution in [0.15, 0.2) is 12.1 Å². The van der Waals surface area contributed by atoms with Gasteiger partial charge in [-0.15, -0.1) is 11.3 Å². The monoisotopic (exact) mass is 197 g/mol. The van der Waals surface area contributed by atoms with E-state index in [-0.39, 0.29) is 5.91 Å². The topological polar surface area (TPSA) is 55.4 Å². The lowest BCUT2D eigenvalue weighted by Gasteiger charge is -2.00. The van der Waals surface area contributed by atoms with Gasteiger partial charge in [0, 0.05) is 4.88 Å². The Morgan fingerprint density at radius 3 is 2.69 bits per heavy atom. The lowest BCUT2D eigenvalue weighted by Crippen LogP contribution is -2.20. The van der Waals surface area contributed by atoms with Gasteiger partial charge in [0.1, 0.15) is 0 Å². The Hall–Kier alpha value is -1.36. The Labute approximate surface area is 78.5 Å². The van der Waals surface area contributed by atoms with Crippen molar-refractivity contribution < 1.29 is 14.3 Å². The van der Waals surface area contributed by atoms with Crippen LogP contribution in [-0.4, -0.2) is 12.0 Å². The summed E-state index contributed by atoms with van der Waals surface area (Å²) in [5.74, 6) is -0.383. The Balaban J connectivity index is 2.27. The molecule has 2 amide bonds. The zero-order valence-electron chi connectivity index (χ0n) is 6.87. The molecule has 0 bridgehead atoms. The molecule has 1 aliphatic rings. The molecule has 1 saturated heterocycles. The summed E-state index contributed by atoms with van der Waals surface area (Å²) in [7, 11) is 0. The number of amides is 2. The molecule has 1 N–H and O–H groups in total. The Kier molecular flexibility index (Phi) is 1.81. The van der Waals surface area contributed by atoms with E-state index in [9.17, 15) is 9.59 Å². The molecule has 0 aliphatic carbocycles. The molecule has 2 rings (SSSR count). The van der Waals surface area contributed by atoms with Gasteiger partial charge in [-0.2, -0.15) is 0 Å². The maximum absolute atomic E-state index is 11.1. The van der Waals surface area contributed by atoms with E-state index in [1.165, 1.54) is 11.3 Å². The van der Waals surface area contributed by atoms with E-state index in [0.717, 1.165) is 9.75 Å². The Morgan fingerprint density at radius 1 is 1.46 bits per heavy atom. The second kappa shape index (κ2) is 2.85. The number of ether oxygens (including phenoxy) is 1. The number of imide groups is 1. The average molecular weight is 197 g/mol. The van der Waals surface area contributed by atoms with Crippen LogP contribution in [0.3, 0.4) is 0 Å². The number of carbonyl (C=O) groups excluding carboxylic acids is 2. The van der Waals surface area contributed by atoms with E-state index < -0.39 is 12.2 Å². The van der Waals surface area contributed by atoms with Gasteiger partial charge in [0.25, 0.3) is 5.91 Å². The minimum absolute atomic E-state index is 0.383. The van der Waals surface area contributed by atoms with Crippen molar-refractivity contribution in [3.05, 3.63) is 21.9 Å². The summed E-state index contributed by atoms with van der Waals surface area (Å²) in [5, 5.41) is 2.08. The SMILES string of the molecule is Cc1ccc(C2OC(=O)NC2=O)s1. The van der Waals surface area contributed by atoms with Crippen LogP contribution in [0.1, 0.15) is 15.9 Å². The van der Waals surface area contributed by atoms with Crippen molar-refractivity contribution in [2.45, 2.75) is 13.0 Å². The van der Waals surface area contributed by atoms with Crippen LogP contribution in [-0.2, 0) is 9.53 Å². The van der Waals surface area contributed by atoms with Gasteiger partial charge in [-0.1, -0.05) is 0 Å². The zero-order valence-corrected chi connectivity index (χ0v) is 7.68. The van der Waals surface area contributed by atoms with E-state index in [1.54, 1.807) is 6.07 Å². The third-order valence-corrected chi connectivity index (χ3v) is 2.75. The summed E-state index contributed by atoms with van der Waals surface area (Å²) in [4.78, 5) is 23.7. The van der Waals surface area contributed by atoms with Crippen molar-refractivity contribution in [1.82, 2.24) is 5.32 Å². The molecule has 68 valence electrons. The number of cyclic esters (lactones) is 1. The molecule has 1 unspecified atom stereocenters. The molecule has 2 heterocycles. The normalized spacial score (nSPS) is 21.5. The molecule has 1 aromatic heterocycles.